The number of aryl methyl sites for hydroxylation is 1. The molecule has 4 rings (SSSR count). The monoisotopic (exact) mass is 369 g/mol. The van der Waals surface area contributed by atoms with E-state index in [0.29, 0.717) is 32.7 Å². The first-order valence-electron chi connectivity index (χ1n) is 9.26. The summed E-state index contributed by atoms with van der Waals surface area (Å²) in [7, 11) is 0. The van der Waals surface area contributed by atoms with Gasteiger partial charge < -0.3 is 19.5 Å². The molecule has 2 aliphatic heterocycles. The SMILES string of the molecule is Cc1cc(CC2COCC2NC(=O)CCN2Cc3ccccc3C2=O)on1. The number of nitrogens with one attached hydrogen (secondary N) is 1. The molecule has 1 fully saturated rings. The van der Waals surface area contributed by atoms with Crippen LogP contribution < -0.4 is 5.32 Å². The van der Waals surface area contributed by atoms with Crippen molar-refractivity contribution in [2.75, 3.05) is 19.8 Å². The number of carbonyl (C=O) groups is 2. The van der Waals surface area contributed by atoms with Gasteiger partial charge in [-0.05, 0) is 18.6 Å². The molecule has 27 heavy (non-hydrogen) atoms. The second kappa shape index (κ2) is 7.52. The van der Waals surface area contributed by atoms with Crippen molar-refractivity contribution in [2.24, 2.45) is 5.92 Å². The lowest BCUT2D eigenvalue weighted by Crippen LogP contribution is -2.41. The van der Waals surface area contributed by atoms with Crippen molar-refractivity contribution in [1.82, 2.24) is 15.4 Å². The predicted octanol–water partition coefficient (Wildman–Crippen LogP) is 1.70. The molecule has 7 heteroatoms. The molecule has 2 aliphatic rings. The Balaban J connectivity index is 1.27. The molecule has 0 saturated carbocycles. The summed E-state index contributed by atoms with van der Waals surface area (Å²) in [5.41, 5.74) is 2.61. The molecule has 1 aromatic carbocycles. The topological polar surface area (TPSA) is 84.7 Å². The van der Waals surface area contributed by atoms with E-state index in [4.69, 9.17) is 9.26 Å². The molecule has 1 saturated heterocycles. The molecule has 0 bridgehead atoms. The van der Waals surface area contributed by atoms with Crippen LogP contribution in [0.25, 0.3) is 0 Å². The zero-order chi connectivity index (χ0) is 18.8. The highest BCUT2D eigenvalue weighted by Gasteiger charge is 2.31. The third kappa shape index (κ3) is 3.88. The number of nitrogens with zero attached hydrogens (tertiary/aromatic N) is 2. The molecule has 0 radical (unpaired) electrons. The van der Waals surface area contributed by atoms with Gasteiger partial charge in [0.1, 0.15) is 5.76 Å². The number of amides is 2. The van der Waals surface area contributed by atoms with E-state index in [-0.39, 0.29) is 30.2 Å². The van der Waals surface area contributed by atoms with Crippen LogP contribution in [0.5, 0.6) is 0 Å². The quantitative estimate of drug-likeness (QED) is 0.838. The van der Waals surface area contributed by atoms with Crippen LogP contribution in [0.15, 0.2) is 34.9 Å². The lowest BCUT2D eigenvalue weighted by molar-refractivity contribution is -0.122. The second-order valence-corrected chi connectivity index (χ2v) is 7.24. The summed E-state index contributed by atoms with van der Waals surface area (Å²) in [4.78, 5) is 26.5. The number of rotatable bonds is 6. The molecule has 142 valence electrons. The van der Waals surface area contributed by atoms with Gasteiger partial charge in [0.15, 0.2) is 0 Å². The minimum atomic E-state index is -0.0620. The van der Waals surface area contributed by atoms with Gasteiger partial charge in [0.2, 0.25) is 5.91 Å². The van der Waals surface area contributed by atoms with Crippen molar-refractivity contribution in [3.8, 4) is 0 Å². The molecular weight excluding hydrogens is 346 g/mol. The van der Waals surface area contributed by atoms with Gasteiger partial charge >= 0.3 is 0 Å². The molecule has 0 aliphatic carbocycles. The summed E-state index contributed by atoms with van der Waals surface area (Å²) in [6, 6.07) is 9.45. The Morgan fingerprint density at radius 1 is 1.33 bits per heavy atom. The lowest BCUT2D eigenvalue weighted by Gasteiger charge is -2.20. The molecule has 2 aromatic rings. The minimum Gasteiger partial charge on any atom is -0.379 e. The van der Waals surface area contributed by atoms with Crippen LogP contribution in [-0.4, -0.2) is 47.7 Å². The van der Waals surface area contributed by atoms with Gasteiger partial charge in [-0.3, -0.25) is 9.59 Å². The van der Waals surface area contributed by atoms with E-state index in [0.717, 1.165) is 22.6 Å². The fourth-order valence-corrected chi connectivity index (χ4v) is 3.74. The first kappa shape index (κ1) is 17.7. The number of aromatic nitrogens is 1. The zero-order valence-electron chi connectivity index (χ0n) is 15.3. The third-order valence-corrected chi connectivity index (χ3v) is 5.19. The van der Waals surface area contributed by atoms with E-state index in [9.17, 15) is 9.59 Å². The Labute approximate surface area is 157 Å². The first-order chi connectivity index (χ1) is 13.1. The Morgan fingerprint density at radius 2 is 2.19 bits per heavy atom. The fraction of sp³-hybridized carbons (Fsp3) is 0.450. The number of carbonyl (C=O) groups excluding carboxylic acids is 2. The summed E-state index contributed by atoms with van der Waals surface area (Å²) >= 11 is 0. The van der Waals surface area contributed by atoms with Crippen molar-refractivity contribution in [3.63, 3.8) is 0 Å². The van der Waals surface area contributed by atoms with E-state index in [1.165, 1.54) is 0 Å². The number of hydrogen-bond acceptors (Lipinski definition) is 5. The van der Waals surface area contributed by atoms with Gasteiger partial charge in [0.05, 0.1) is 24.9 Å². The Hall–Kier alpha value is -2.67. The first-order valence-corrected chi connectivity index (χ1v) is 9.26. The number of fused-ring (bicyclic) bond motifs is 1. The summed E-state index contributed by atoms with van der Waals surface area (Å²) in [5.74, 6) is 0.913. The summed E-state index contributed by atoms with van der Waals surface area (Å²) in [5, 5.41) is 6.95. The zero-order valence-corrected chi connectivity index (χ0v) is 15.3. The highest BCUT2D eigenvalue weighted by Crippen LogP contribution is 2.23. The average Bonchev–Trinajstić information content (AvgIpc) is 3.35. The van der Waals surface area contributed by atoms with Gasteiger partial charge in [-0.15, -0.1) is 0 Å². The van der Waals surface area contributed by atoms with E-state index < -0.39 is 0 Å². The molecule has 3 heterocycles. The number of hydrogen-bond donors (Lipinski definition) is 1. The van der Waals surface area contributed by atoms with Gasteiger partial charge in [-0.25, -0.2) is 0 Å². The number of benzene rings is 1. The highest BCUT2D eigenvalue weighted by atomic mass is 16.5. The maximum absolute atomic E-state index is 12.4. The van der Waals surface area contributed by atoms with Crippen molar-refractivity contribution in [3.05, 3.63) is 52.9 Å². The van der Waals surface area contributed by atoms with Crippen molar-refractivity contribution in [1.29, 1.82) is 0 Å². The maximum atomic E-state index is 12.4. The van der Waals surface area contributed by atoms with Crippen molar-refractivity contribution < 1.29 is 18.8 Å². The minimum absolute atomic E-state index is 0.00108. The third-order valence-electron chi connectivity index (χ3n) is 5.19. The molecule has 2 amide bonds. The van der Waals surface area contributed by atoms with E-state index >= 15 is 0 Å². The Kier molecular flexibility index (Phi) is 4.94. The van der Waals surface area contributed by atoms with Crippen LogP contribution in [0.2, 0.25) is 0 Å². The van der Waals surface area contributed by atoms with Gasteiger partial charge in [0, 0.05) is 43.5 Å². The van der Waals surface area contributed by atoms with E-state index in [2.05, 4.69) is 10.5 Å². The molecule has 2 atom stereocenters. The molecular formula is C20H23N3O4. The highest BCUT2D eigenvalue weighted by molar-refractivity contribution is 5.98. The summed E-state index contributed by atoms with van der Waals surface area (Å²) in [6.45, 7) is 3.96. The predicted molar refractivity (Wildman–Crippen MR) is 97.0 cm³/mol. The van der Waals surface area contributed by atoms with Gasteiger partial charge in [0.25, 0.3) is 5.91 Å². The van der Waals surface area contributed by atoms with Crippen LogP contribution in [-0.2, 0) is 22.5 Å². The van der Waals surface area contributed by atoms with Crippen molar-refractivity contribution >= 4 is 11.8 Å². The largest absolute Gasteiger partial charge is 0.379 e. The molecule has 1 aromatic heterocycles. The van der Waals surface area contributed by atoms with E-state index in [1.54, 1.807) is 4.90 Å². The summed E-state index contributed by atoms with van der Waals surface area (Å²) < 4.78 is 10.8. The van der Waals surface area contributed by atoms with Crippen LogP contribution in [0.4, 0.5) is 0 Å². The molecule has 7 nitrogen and oxygen atoms in total. The van der Waals surface area contributed by atoms with Crippen molar-refractivity contribution in [2.45, 2.75) is 32.4 Å². The number of ether oxygens (including phenoxy) is 1. The normalized spacial score (nSPS) is 21.5. The molecule has 1 N–H and O–H groups in total. The summed E-state index contributed by atoms with van der Waals surface area (Å²) in [6.07, 6.45) is 0.968. The van der Waals surface area contributed by atoms with Crippen LogP contribution in [0, 0.1) is 12.8 Å². The molecule has 0 spiro atoms. The second-order valence-electron chi connectivity index (χ2n) is 7.24. The Morgan fingerprint density at radius 3 is 2.96 bits per heavy atom. The van der Waals surface area contributed by atoms with Crippen LogP contribution >= 0.6 is 0 Å². The van der Waals surface area contributed by atoms with Gasteiger partial charge in [-0.1, -0.05) is 23.4 Å². The van der Waals surface area contributed by atoms with Gasteiger partial charge in [-0.2, -0.15) is 0 Å². The lowest BCUT2D eigenvalue weighted by atomic mass is 9.98. The smallest absolute Gasteiger partial charge is 0.254 e. The average molecular weight is 369 g/mol. The van der Waals surface area contributed by atoms with Crippen LogP contribution in [0.1, 0.15) is 33.8 Å². The van der Waals surface area contributed by atoms with Crippen LogP contribution in [0.3, 0.4) is 0 Å². The fourth-order valence-electron chi connectivity index (χ4n) is 3.74. The van der Waals surface area contributed by atoms with E-state index in [1.807, 2.05) is 37.3 Å². The maximum Gasteiger partial charge on any atom is 0.254 e. The molecule has 2 unspecified atom stereocenters. The Bertz CT molecular complexity index is 847. The standard InChI is InChI=1S/C20H23N3O4/c1-13-8-16(27-22-13)9-15-11-26-12-18(15)21-19(24)6-7-23-10-14-4-2-3-5-17(14)20(23)25/h2-5,8,15,18H,6-7,9-12H2,1H3,(H,21,24).